The smallest absolute Gasteiger partial charge is 0.0472 e. The van der Waals surface area contributed by atoms with Gasteiger partial charge in [0, 0.05) is 19.8 Å². The van der Waals surface area contributed by atoms with Crippen molar-refractivity contribution in [3.8, 4) is 0 Å². The van der Waals surface area contributed by atoms with Gasteiger partial charge in [0.1, 0.15) is 0 Å². The summed E-state index contributed by atoms with van der Waals surface area (Å²) < 4.78 is 5.45. The summed E-state index contributed by atoms with van der Waals surface area (Å²) in [5.74, 6) is 0.791. The molecular weight excluding hydrogens is 224 g/mol. The first-order valence-electron chi connectivity index (χ1n) is 7.34. The van der Waals surface area contributed by atoms with Crippen LogP contribution in [0.5, 0.6) is 0 Å². The van der Waals surface area contributed by atoms with Crippen molar-refractivity contribution in [2.75, 3.05) is 32.8 Å². The first-order chi connectivity index (χ1) is 8.36. The Morgan fingerprint density at radius 2 is 1.67 bits per heavy atom. The highest BCUT2D eigenvalue weighted by Gasteiger charge is 2.63. The molecule has 0 amide bonds. The molecule has 0 spiro atoms. The zero-order valence-corrected chi connectivity index (χ0v) is 12.5. The van der Waals surface area contributed by atoms with Crippen molar-refractivity contribution < 1.29 is 4.74 Å². The lowest BCUT2D eigenvalue weighted by Crippen LogP contribution is -2.45. The first-order valence-corrected chi connectivity index (χ1v) is 7.34. The number of nitrogens with one attached hydrogen (secondary N) is 1. The van der Waals surface area contributed by atoms with E-state index in [-0.39, 0.29) is 5.41 Å². The van der Waals surface area contributed by atoms with Crippen LogP contribution in [0.15, 0.2) is 0 Å². The highest BCUT2D eigenvalue weighted by molar-refractivity contribution is 5.12. The van der Waals surface area contributed by atoms with Crippen molar-refractivity contribution >= 4 is 0 Å². The molecule has 0 radical (unpaired) electrons. The third kappa shape index (κ3) is 2.33. The molecule has 1 saturated carbocycles. The summed E-state index contributed by atoms with van der Waals surface area (Å²) in [6.07, 6.45) is 2.21. The van der Waals surface area contributed by atoms with Crippen LogP contribution in [0.3, 0.4) is 0 Å². The number of ether oxygens (including phenoxy) is 1. The summed E-state index contributed by atoms with van der Waals surface area (Å²) in [5.41, 5.74) is 7.22. The third-order valence-corrected chi connectivity index (χ3v) is 6.15. The molecule has 1 heterocycles. The van der Waals surface area contributed by atoms with Crippen LogP contribution in [0.4, 0.5) is 0 Å². The highest BCUT2D eigenvalue weighted by Crippen LogP contribution is 2.67. The van der Waals surface area contributed by atoms with Crippen molar-refractivity contribution in [2.24, 2.45) is 27.9 Å². The van der Waals surface area contributed by atoms with E-state index >= 15 is 0 Å². The zero-order chi connectivity index (χ0) is 13.4. The fourth-order valence-corrected chi connectivity index (χ4v) is 3.58. The molecule has 0 unspecified atom stereocenters. The fourth-order valence-electron chi connectivity index (χ4n) is 3.58. The van der Waals surface area contributed by atoms with Gasteiger partial charge in [-0.1, -0.05) is 27.7 Å². The number of nitrogens with two attached hydrogens (primary N) is 1. The normalized spacial score (nSPS) is 29.2. The lowest BCUT2D eigenvalue weighted by molar-refractivity contribution is 0.0190. The van der Waals surface area contributed by atoms with Crippen LogP contribution in [-0.4, -0.2) is 32.8 Å². The summed E-state index contributed by atoms with van der Waals surface area (Å²) in [6, 6.07) is 0. The second kappa shape index (κ2) is 4.77. The molecule has 0 aromatic carbocycles. The summed E-state index contributed by atoms with van der Waals surface area (Å²) in [7, 11) is 0. The molecule has 2 aliphatic rings. The minimum absolute atomic E-state index is 0.279. The van der Waals surface area contributed by atoms with Crippen LogP contribution in [0.1, 0.15) is 40.5 Å². The van der Waals surface area contributed by atoms with Gasteiger partial charge in [-0.2, -0.15) is 0 Å². The zero-order valence-electron chi connectivity index (χ0n) is 12.5. The van der Waals surface area contributed by atoms with Gasteiger partial charge in [-0.05, 0) is 48.1 Å². The SMILES string of the molecule is CC1(C)C(CNCC2(CN)CCOCC2)C1(C)C. The van der Waals surface area contributed by atoms with Gasteiger partial charge in [-0.15, -0.1) is 0 Å². The maximum Gasteiger partial charge on any atom is 0.0472 e. The lowest BCUT2D eigenvalue weighted by atomic mass is 9.80. The third-order valence-electron chi connectivity index (χ3n) is 6.15. The molecule has 0 atom stereocenters. The molecule has 2 fully saturated rings. The second-order valence-corrected chi connectivity index (χ2v) is 7.44. The highest BCUT2D eigenvalue weighted by atomic mass is 16.5. The minimum Gasteiger partial charge on any atom is -0.381 e. The van der Waals surface area contributed by atoms with Crippen molar-refractivity contribution in [3.05, 3.63) is 0 Å². The fraction of sp³-hybridized carbons (Fsp3) is 1.00. The quantitative estimate of drug-likeness (QED) is 0.789. The van der Waals surface area contributed by atoms with E-state index in [2.05, 4.69) is 33.0 Å². The van der Waals surface area contributed by atoms with Gasteiger partial charge in [-0.25, -0.2) is 0 Å². The van der Waals surface area contributed by atoms with Crippen molar-refractivity contribution in [1.29, 1.82) is 0 Å². The maximum absolute atomic E-state index is 5.98. The Hall–Kier alpha value is -0.120. The van der Waals surface area contributed by atoms with Gasteiger partial charge in [0.05, 0.1) is 0 Å². The summed E-state index contributed by atoms with van der Waals surface area (Å²) in [4.78, 5) is 0. The Kier molecular flexibility index (Phi) is 3.79. The molecule has 18 heavy (non-hydrogen) atoms. The molecule has 0 aromatic rings. The van der Waals surface area contributed by atoms with Crippen molar-refractivity contribution in [2.45, 2.75) is 40.5 Å². The first kappa shape index (κ1) is 14.3. The molecule has 1 saturated heterocycles. The van der Waals surface area contributed by atoms with E-state index in [1.54, 1.807) is 0 Å². The minimum atomic E-state index is 0.279. The van der Waals surface area contributed by atoms with E-state index in [1.807, 2.05) is 0 Å². The molecule has 3 nitrogen and oxygen atoms in total. The average Bonchev–Trinajstić information content (AvgIpc) is 2.73. The molecule has 106 valence electrons. The van der Waals surface area contributed by atoms with Gasteiger partial charge < -0.3 is 15.8 Å². The van der Waals surface area contributed by atoms with Crippen LogP contribution in [-0.2, 0) is 4.74 Å². The molecule has 1 aliphatic carbocycles. The van der Waals surface area contributed by atoms with E-state index in [4.69, 9.17) is 10.5 Å². The van der Waals surface area contributed by atoms with Gasteiger partial charge in [-0.3, -0.25) is 0 Å². The van der Waals surface area contributed by atoms with Crippen LogP contribution in [0, 0.1) is 22.2 Å². The Morgan fingerprint density at radius 3 is 2.11 bits per heavy atom. The molecular formula is C15H30N2O. The average molecular weight is 254 g/mol. The van der Waals surface area contributed by atoms with Crippen molar-refractivity contribution in [1.82, 2.24) is 5.32 Å². The molecule has 0 bridgehead atoms. The lowest BCUT2D eigenvalue weighted by Gasteiger charge is -2.36. The second-order valence-electron chi connectivity index (χ2n) is 7.44. The molecule has 3 N–H and O–H groups in total. The van der Waals surface area contributed by atoms with Gasteiger partial charge in [0.2, 0.25) is 0 Å². The van der Waals surface area contributed by atoms with Gasteiger partial charge in [0.15, 0.2) is 0 Å². The Balaban J connectivity index is 1.78. The van der Waals surface area contributed by atoms with Gasteiger partial charge >= 0.3 is 0 Å². The summed E-state index contributed by atoms with van der Waals surface area (Å²) >= 11 is 0. The van der Waals surface area contributed by atoms with E-state index < -0.39 is 0 Å². The Bertz CT molecular complexity index is 279. The Morgan fingerprint density at radius 1 is 1.11 bits per heavy atom. The van der Waals surface area contributed by atoms with Crippen molar-refractivity contribution in [3.63, 3.8) is 0 Å². The summed E-state index contributed by atoms with van der Waals surface area (Å²) in [6.45, 7) is 14.2. The van der Waals surface area contributed by atoms with Crippen LogP contribution in [0.25, 0.3) is 0 Å². The monoisotopic (exact) mass is 254 g/mol. The molecule has 3 heteroatoms. The van der Waals surface area contributed by atoms with E-state index in [0.29, 0.717) is 10.8 Å². The van der Waals surface area contributed by atoms with E-state index in [9.17, 15) is 0 Å². The number of rotatable bonds is 5. The number of hydrogen-bond acceptors (Lipinski definition) is 3. The topological polar surface area (TPSA) is 47.3 Å². The van der Waals surface area contributed by atoms with Crippen LogP contribution < -0.4 is 11.1 Å². The maximum atomic E-state index is 5.98. The van der Waals surface area contributed by atoms with E-state index in [0.717, 1.165) is 51.6 Å². The van der Waals surface area contributed by atoms with Crippen LogP contribution in [0.2, 0.25) is 0 Å². The van der Waals surface area contributed by atoms with Crippen LogP contribution >= 0.6 is 0 Å². The summed E-state index contributed by atoms with van der Waals surface area (Å²) in [5, 5.41) is 3.68. The predicted molar refractivity (Wildman–Crippen MR) is 75.5 cm³/mol. The van der Waals surface area contributed by atoms with E-state index in [1.165, 1.54) is 0 Å². The number of hydrogen-bond donors (Lipinski definition) is 2. The predicted octanol–water partition coefficient (Wildman–Crippen LogP) is 2.01. The Labute approximate surface area is 112 Å². The standard InChI is InChI=1S/C15H30N2O/c1-13(2)12(14(13,3)4)9-17-11-15(10-16)5-7-18-8-6-15/h12,17H,5-11,16H2,1-4H3. The molecule has 0 aromatic heterocycles. The molecule has 1 aliphatic heterocycles. The largest absolute Gasteiger partial charge is 0.381 e. The molecule has 2 rings (SSSR count). The van der Waals surface area contributed by atoms with Gasteiger partial charge in [0.25, 0.3) is 0 Å².